The molecule has 23 heteroatoms. The first-order chi connectivity index (χ1) is 0. The maximum atomic E-state index is 0. The molecule has 0 aliphatic rings. The normalized spacial score (nSPS) is 0. The van der Waals surface area contributed by atoms with Crippen molar-refractivity contribution >= 4 is 113 Å². The second kappa shape index (κ2) is 1620. The van der Waals surface area contributed by atoms with Gasteiger partial charge in [0.25, 0.3) is 0 Å². The van der Waals surface area contributed by atoms with E-state index in [9.17, 15) is 0 Å². The molecule has 0 unspecified atom stereocenters. The quantitative estimate of drug-likeness (QED) is 0.287. The minimum Gasteiger partial charge on any atom is -1.00 e. The Hall–Kier alpha value is 2.98. The van der Waals surface area contributed by atoms with Crippen molar-refractivity contribution in [2.45, 2.75) is 0 Å². The zero-order valence-corrected chi connectivity index (χ0v) is 18.7. The van der Waals surface area contributed by atoms with E-state index in [2.05, 4.69) is 0 Å². The summed E-state index contributed by atoms with van der Waals surface area (Å²) in [6.07, 6.45) is 0. The molecule has 0 bridgehead atoms. The molecular formula is H46Ca3O20. The molecule has 0 rings (SSSR count). The van der Waals surface area contributed by atoms with Crippen LogP contribution in [0.3, 0.4) is 0 Å². The Morgan fingerprint density at radius 3 is 0.130 bits per heavy atom. The maximum absolute atomic E-state index is 0. The van der Waals surface area contributed by atoms with E-state index in [1.165, 1.54) is 0 Å². The monoisotopic (exact) mass is 486 g/mol. The molecule has 40 N–H and O–H groups in total. The van der Waals surface area contributed by atoms with Gasteiger partial charge in [-0.05, 0) is 0 Å². The molecule has 0 spiro atoms. The Labute approximate surface area is 228 Å². The van der Waals surface area contributed by atoms with Gasteiger partial charge in [-0.2, -0.15) is 0 Å². The van der Waals surface area contributed by atoms with E-state index >= 15 is 0 Å². The van der Waals surface area contributed by atoms with Crippen molar-refractivity contribution in [1.82, 2.24) is 0 Å². The van der Waals surface area contributed by atoms with Crippen LogP contribution in [0.5, 0.6) is 0 Å². The predicted octanol–water partition coefficient (Wildman–Crippen LogP) is -17.0. The Kier molecular flexibility index (Phi) is 128000. The van der Waals surface area contributed by atoms with Crippen molar-refractivity contribution in [3.63, 3.8) is 0 Å². The van der Waals surface area contributed by atoms with Crippen LogP contribution < -0.4 is 0 Å². The van der Waals surface area contributed by atoms with Crippen molar-refractivity contribution in [2.75, 3.05) is 0 Å². The topological polar surface area (TPSA) is 630 Å². The van der Waals surface area contributed by atoms with Gasteiger partial charge in [-0.25, -0.2) is 0 Å². The van der Waals surface area contributed by atoms with Gasteiger partial charge in [0.1, 0.15) is 0 Å². The molecule has 0 saturated heterocycles. The van der Waals surface area contributed by atoms with Crippen LogP contribution in [-0.4, -0.2) is 223 Å². The summed E-state index contributed by atoms with van der Waals surface area (Å²) in [6, 6.07) is 0. The predicted molar refractivity (Wildman–Crippen MR) is 96.2 cm³/mol. The van der Waals surface area contributed by atoms with Crippen molar-refractivity contribution in [3.8, 4) is 0 Å². The molecule has 0 amide bonds. The Morgan fingerprint density at radius 2 is 0.130 bits per heavy atom. The van der Waals surface area contributed by atoms with Gasteiger partial charge in [0.2, 0.25) is 0 Å². The van der Waals surface area contributed by atoms with E-state index in [1.54, 1.807) is 0 Å². The van der Waals surface area contributed by atoms with Crippen LogP contribution in [0, 0.1) is 0 Å². The van der Waals surface area contributed by atoms with Crippen LogP contribution in [0.15, 0.2) is 0 Å². The van der Waals surface area contributed by atoms with Crippen LogP contribution in [0.4, 0.5) is 0 Å². The maximum Gasteiger partial charge on any atom is 2.00 e. The second-order valence-corrected chi connectivity index (χ2v) is 0. The third kappa shape index (κ3) is 1490. The van der Waals surface area contributed by atoms with Gasteiger partial charge in [-0.15, -0.1) is 0 Å². The summed E-state index contributed by atoms with van der Waals surface area (Å²) in [4.78, 5) is 0. The summed E-state index contributed by atoms with van der Waals surface area (Å²) in [5.41, 5.74) is 0. The standard InChI is InChI=1S/3Ca.20H2O.6H/h;;;20*1H2;;;;;;/q3*+2;;;;;;;;;;;;;;;;;;;;;6*-1. The fourth-order valence-electron chi connectivity index (χ4n) is 0. The van der Waals surface area contributed by atoms with Crippen LogP contribution in [0.25, 0.3) is 0 Å². The minimum absolute atomic E-state index is 0. The molecule has 172 valence electrons. The van der Waals surface area contributed by atoms with E-state index in [0.717, 1.165) is 0 Å². The zero-order chi connectivity index (χ0) is 0. The van der Waals surface area contributed by atoms with E-state index < -0.39 is 0 Å². The van der Waals surface area contributed by atoms with E-state index in [4.69, 9.17) is 0 Å². The van der Waals surface area contributed by atoms with Crippen LogP contribution in [0.2, 0.25) is 0 Å². The van der Waals surface area contributed by atoms with Crippen LogP contribution >= 0.6 is 0 Å². The summed E-state index contributed by atoms with van der Waals surface area (Å²) in [6.45, 7) is 0. The summed E-state index contributed by atoms with van der Waals surface area (Å²) in [7, 11) is 0. The number of rotatable bonds is 0. The molecule has 0 heterocycles. The third-order valence-corrected chi connectivity index (χ3v) is 0. The van der Waals surface area contributed by atoms with Gasteiger partial charge in [0.05, 0.1) is 0 Å². The summed E-state index contributed by atoms with van der Waals surface area (Å²) in [5.74, 6) is 0. The number of hydrogen-bond acceptors (Lipinski definition) is 0. The largest absolute Gasteiger partial charge is 2.00 e. The smallest absolute Gasteiger partial charge is 1.00 e. The number of hydrogen-bond donors (Lipinski definition) is 0. The minimum atomic E-state index is 0. The Morgan fingerprint density at radius 1 is 0.130 bits per heavy atom. The molecule has 20 nitrogen and oxygen atoms in total. The first-order valence-corrected chi connectivity index (χ1v) is 0. The van der Waals surface area contributed by atoms with Gasteiger partial charge in [-0.1, -0.05) is 0 Å². The van der Waals surface area contributed by atoms with Crippen molar-refractivity contribution in [2.24, 2.45) is 0 Å². The van der Waals surface area contributed by atoms with Gasteiger partial charge < -0.3 is 118 Å². The van der Waals surface area contributed by atoms with E-state index in [-0.39, 0.29) is 231 Å². The molecule has 0 fully saturated rings. The Balaban J connectivity index is 0. The second-order valence-electron chi connectivity index (χ2n) is 0. The summed E-state index contributed by atoms with van der Waals surface area (Å²) < 4.78 is 0. The molecule has 0 radical (unpaired) electrons. The average molecular weight is 487 g/mol. The van der Waals surface area contributed by atoms with E-state index in [0.29, 0.717) is 0 Å². The SMILES string of the molecule is O.O.O.O.O.O.O.O.O.O.O.O.O.O.O.O.O.O.O.O.[Ca+2].[Ca+2].[Ca+2].[H-].[H-].[H-].[H-].[H-].[H-]. The van der Waals surface area contributed by atoms with Gasteiger partial charge in [-0.3, -0.25) is 0 Å². The fraction of sp³-hybridized carbons (Fsp3) is 0. The van der Waals surface area contributed by atoms with Gasteiger partial charge >= 0.3 is 113 Å². The molecule has 0 aromatic carbocycles. The van der Waals surface area contributed by atoms with Crippen LogP contribution in [-0.2, 0) is 0 Å². The third-order valence-electron chi connectivity index (χ3n) is 0. The Bertz CT molecular complexity index is 34.2. The van der Waals surface area contributed by atoms with Crippen LogP contribution in [0.1, 0.15) is 8.56 Å². The van der Waals surface area contributed by atoms with Gasteiger partial charge in [0.15, 0.2) is 0 Å². The molecule has 0 aromatic heterocycles. The molecule has 23 heavy (non-hydrogen) atoms. The van der Waals surface area contributed by atoms with E-state index in [1.807, 2.05) is 0 Å². The first-order valence-electron chi connectivity index (χ1n) is 0. The van der Waals surface area contributed by atoms with Gasteiger partial charge in [0, 0.05) is 0 Å². The fourth-order valence-corrected chi connectivity index (χ4v) is 0. The summed E-state index contributed by atoms with van der Waals surface area (Å²) in [5, 5.41) is 0. The molecule has 0 atom stereocenters. The first kappa shape index (κ1) is 1830. The van der Waals surface area contributed by atoms with Crippen molar-refractivity contribution in [1.29, 1.82) is 0 Å². The molecule has 0 aliphatic heterocycles. The molecular weight excluding hydrogens is 440 g/mol. The molecule has 0 aromatic rings. The zero-order valence-electron chi connectivity index (χ0n) is 18.1. The average Bonchev–Trinajstić information content (AvgIpc) is 0. The summed E-state index contributed by atoms with van der Waals surface area (Å²) >= 11 is 0. The van der Waals surface area contributed by atoms with Crippen molar-refractivity contribution < 1.29 is 118 Å². The molecule has 0 aliphatic carbocycles. The molecule has 0 saturated carbocycles. The van der Waals surface area contributed by atoms with Crippen molar-refractivity contribution in [3.05, 3.63) is 0 Å².